The minimum absolute atomic E-state index is 0.0129. The van der Waals surface area contributed by atoms with Gasteiger partial charge in [-0.3, -0.25) is 4.79 Å². The topological polar surface area (TPSA) is 43.8 Å². The number of aliphatic hydroxyl groups excluding tert-OH is 1. The third-order valence-corrected chi connectivity index (χ3v) is 3.31. The first kappa shape index (κ1) is 17.2. The molecule has 0 aliphatic rings. The Bertz CT molecular complexity index is 541. The van der Waals surface area contributed by atoms with Gasteiger partial charge in [-0.2, -0.15) is 0 Å². The maximum absolute atomic E-state index is 12.5. The molecule has 0 saturated carbocycles. The number of hydrogen-bond donors (Lipinski definition) is 1. The molecule has 0 atom stereocenters. The van der Waals surface area contributed by atoms with Gasteiger partial charge >= 0.3 is 0 Å². The van der Waals surface area contributed by atoms with Crippen LogP contribution in [0.1, 0.15) is 27.9 Å². The fraction of sp³-hybridized carbons (Fsp3) is 0.471. The Balaban J connectivity index is 2.82. The molecule has 0 heterocycles. The largest absolute Gasteiger partial charge is 0.384 e. The number of amides is 1. The molecule has 4 heteroatoms. The Hall–Kier alpha value is -1.83. The number of aliphatic hydroxyl groups is 1. The average molecular weight is 288 g/mol. The molecule has 1 aromatic carbocycles. The summed E-state index contributed by atoms with van der Waals surface area (Å²) in [5, 5.41) is 8.77. The van der Waals surface area contributed by atoms with Gasteiger partial charge in [-0.05, 0) is 51.7 Å². The molecule has 0 spiro atoms. The van der Waals surface area contributed by atoms with Crippen molar-refractivity contribution < 1.29 is 9.90 Å². The molecular formula is C17H24N2O2. The van der Waals surface area contributed by atoms with Crippen molar-refractivity contribution in [2.45, 2.75) is 13.3 Å². The van der Waals surface area contributed by atoms with Crippen LogP contribution in [0.5, 0.6) is 0 Å². The van der Waals surface area contributed by atoms with Gasteiger partial charge in [0.15, 0.2) is 0 Å². The highest BCUT2D eigenvalue weighted by Crippen LogP contribution is 2.15. The normalized spacial score (nSPS) is 10.2. The van der Waals surface area contributed by atoms with E-state index in [0.29, 0.717) is 5.56 Å². The SMILES string of the molecule is Cc1c(C#CCO)cccc1C(=O)N(C)CCCN(C)C. The Labute approximate surface area is 127 Å². The summed E-state index contributed by atoms with van der Waals surface area (Å²) in [6.07, 6.45) is 0.943. The van der Waals surface area contributed by atoms with Gasteiger partial charge in [0.2, 0.25) is 0 Å². The van der Waals surface area contributed by atoms with E-state index in [-0.39, 0.29) is 12.5 Å². The number of rotatable bonds is 5. The van der Waals surface area contributed by atoms with E-state index in [1.165, 1.54) is 0 Å². The molecular weight excluding hydrogens is 264 g/mol. The summed E-state index contributed by atoms with van der Waals surface area (Å²) in [7, 11) is 5.87. The van der Waals surface area contributed by atoms with Gasteiger partial charge in [0, 0.05) is 24.7 Å². The van der Waals surface area contributed by atoms with E-state index in [1.54, 1.807) is 4.90 Å². The fourth-order valence-electron chi connectivity index (χ4n) is 2.07. The second-order valence-electron chi connectivity index (χ2n) is 5.32. The smallest absolute Gasteiger partial charge is 0.253 e. The average Bonchev–Trinajstić information content (AvgIpc) is 2.45. The molecule has 1 rings (SSSR count). The standard InChI is InChI=1S/C17H24N2O2/c1-14-15(9-6-13-20)8-5-10-16(14)17(21)19(4)12-7-11-18(2)3/h5,8,10,20H,7,11-13H2,1-4H3. The zero-order chi connectivity index (χ0) is 15.8. The molecule has 0 unspecified atom stereocenters. The van der Waals surface area contributed by atoms with Crippen LogP contribution in [0.25, 0.3) is 0 Å². The van der Waals surface area contributed by atoms with E-state index in [2.05, 4.69) is 16.7 Å². The van der Waals surface area contributed by atoms with Crippen LogP contribution in [0.4, 0.5) is 0 Å². The lowest BCUT2D eigenvalue weighted by Crippen LogP contribution is -2.30. The highest BCUT2D eigenvalue weighted by molar-refractivity contribution is 5.96. The van der Waals surface area contributed by atoms with Gasteiger partial charge in [0.25, 0.3) is 5.91 Å². The Kier molecular flexibility index (Phi) is 6.93. The molecule has 4 nitrogen and oxygen atoms in total. The number of hydrogen-bond acceptors (Lipinski definition) is 3. The van der Waals surface area contributed by atoms with Crippen LogP contribution in [0.2, 0.25) is 0 Å². The van der Waals surface area contributed by atoms with Crippen molar-refractivity contribution in [1.82, 2.24) is 9.80 Å². The van der Waals surface area contributed by atoms with E-state index in [1.807, 2.05) is 46.3 Å². The molecule has 0 radical (unpaired) electrons. The third kappa shape index (κ3) is 5.22. The molecule has 1 aromatic rings. The van der Waals surface area contributed by atoms with Crippen LogP contribution in [0.15, 0.2) is 18.2 Å². The predicted octanol–water partition coefficient (Wildman–Crippen LogP) is 1.36. The van der Waals surface area contributed by atoms with Crippen LogP contribution in [0, 0.1) is 18.8 Å². The highest BCUT2D eigenvalue weighted by atomic mass is 16.2. The van der Waals surface area contributed by atoms with Crippen molar-refractivity contribution in [3.63, 3.8) is 0 Å². The zero-order valence-electron chi connectivity index (χ0n) is 13.3. The van der Waals surface area contributed by atoms with Gasteiger partial charge in [0.05, 0.1) is 0 Å². The molecule has 0 saturated heterocycles. The summed E-state index contributed by atoms with van der Waals surface area (Å²) in [6, 6.07) is 5.51. The van der Waals surface area contributed by atoms with Crippen LogP contribution in [-0.4, -0.2) is 61.7 Å². The van der Waals surface area contributed by atoms with Crippen LogP contribution in [-0.2, 0) is 0 Å². The van der Waals surface area contributed by atoms with Gasteiger partial charge in [0.1, 0.15) is 6.61 Å². The summed E-state index contributed by atoms with van der Waals surface area (Å²) in [5.41, 5.74) is 2.33. The summed E-state index contributed by atoms with van der Waals surface area (Å²) in [4.78, 5) is 16.3. The van der Waals surface area contributed by atoms with Gasteiger partial charge in [-0.15, -0.1) is 0 Å². The van der Waals surface area contributed by atoms with Crippen LogP contribution < -0.4 is 0 Å². The lowest BCUT2D eigenvalue weighted by molar-refractivity contribution is 0.0790. The summed E-state index contributed by atoms with van der Waals surface area (Å²) >= 11 is 0. The monoisotopic (exact) mass is 288 g/mol. The summed E-state index contributed by atoms with van der Waals surface area (Å²) in [5.74, 6) is 5.51. The molecule has 21 heavy (non-hydrogen) atoms. The Morgan fingerprint density at radius 2 is 1.95 bits per heavy atom. The summed E-state index contributed by atoms with van der Waals surface area (Å²) < 4.78 is 0. The molecule has 0 aliphatic heterocycles. The van der Waals surface area contributed by atoms with Crippen molar-refractivity contribution in [1.29, 1.82) is 0 Å². The number of carbonyl (C=O) groups is 1. The van der Waals surface area contributed by atoms with E-state index in [4.69, 9.17) is 5.11 Å². The van der Waals surface area contributed by atoms with E-state index in [9.17, 15) is 4.79 Å². The zero-order valence-corrected chi connectivity index (χ0v) is 13.3. The molecule has 114 valence electrons. The molecule has 1 N–H and O–H groups in total. The summed E-state index contributed by atoms with van der Waals surface area (Å²) in [6.45, 7) is 3.39. The number of nitrogens with zero attached hydrogens (tertiary/aromatic N) is 2. The first-order valence-electron chi connectivity index (χ1n) is 7.07. The van der Waals surface area contributed by atoms with Gasteiger partial charge in [-0.25, -0.2) is 0 Å². The Morgan fingerprint density at radius 1 is 1.24 bits per heavy atom. The molecule has 0 aromatic heterocycles. The second-order valence-corrected chi connectivity index (χ2v) is 5.32. The molecule has 0 bridgehead atoms. The second kappa shape index (κ2) is 8.46. The van der Waals surface area contributed by atoms with Crippen LogP contribution in [0.3, 0.4) is 0 Å². The van der Waals surface area contributed by atoms with Gasteiger partial charge in [-0.1, -0.05) is 17.9 Å². The van der Waals surface area contributed by atoms with E-state index >= 15 is 0 Å². The number of carbonyl (C=O) groups excluding carboxylic acids is 1. The van der Waals surface area contributed by atoms with Crippen LogP contribution >= 0.6 is 0 Å². The van der Waals surface area contributed by atoms with Crippen molar-refractivity contribution in [2.24, 2.45) is 0 Å². The first-order chi connectivity index (χ1) is 9.97. The number of benzene rings is 1. The van der Waals surface area contributed by atoms with Crippen molar-refractivity contribution in [3.05, 3.63) is 34.9 Å². The third-order valence-electron chi connectivity index (χ3n) is 3.31. The lowest BCUT2D eigenvalue weighted by Gasteiger charge is -2.20. The maximum atomic E-state index is 12.5. The fourth-order valence-corrected chi connectivity index (χ4v) is 2.07. The Morgan fingerprint density at radius 3 is 2.57 bits per heavy atom. The quantitative estimate of drug-likeness (QED) is 0.832. The minimum Gasteiger partial charge on any atom is -0.384 e. The molecule has 0 fully saturated rings. The lowest BCUT2D eigenvalue weighted by atomic mass is 10.0. The van der Waals surface area contributed by atoms with Gasteiger partial charge < -0.3 is 14.9 Å². The van der Waals surface area contributed by atoms with Crippen molar-refractivity contribution in [2.75, 3.05) is 40.8 Å². The molecule has 1 amide bonds. The van der Waals surface area contributed by atoms with Crippen molar-refractivity contribution in [3.8, 4) is 11.8 Å². The van der Waals surface area contributed by atoms with E-state index in [0.717, 1.165) is 30.6 Å². The predicted molar refractivity (Wildman–Crippen MR) is 85.3 cm³/mol. The van der Waals surface area contributed by atoms with Crippen molar-refractivity contribution >= 4 is 5.91 Å². The maximum Gasteiger partial charge on any atom is 0.253 e. The highest BCUT2D eigenvalue weighted by Gasteiger charge is 2.15. The molecule has 0 aliphatic carbocycles. The van der Waals surface area contributed by atoms with E-state index < -0.39 is 0 Å². The first-order valence-corrected chi connectivity index (χ1v) is 7.07. The minimum atomic E-state index is -0.179.